The Bertz CT molecular complexity index is 1500. The van der Waals surface area contributed by atoms with E-state index < -0.39 is 36.1 Å². The minimum atomic E-state index is -1.36. The van der Waals surface area contributed by atoms with Crippen LogP contribution in [0.4, 0.5) is 9.59 Å². The number of nitrogens with one attached hydrogen (secondary N) is 2. The maximum atomic E-state index is 13.9. The van der Waals surface area contributed by atoms with Crippen LogP contribution in [0.2, 0.25) is 0 Å². The predicted octanol–water partition coefficient (Wildman–Crippen LogP) is 4.84. The van der Waals surface area contributed by atoms with Gasteiger partial charge in [-0.2, -0.15) is 4.90 Å². The average Bonchev–Trinajstić information content (AvgIpc) is 3.48. The molecule has 0 saturated heterocycles. The summed E-state index contributed by atoms with van der Waals surface area (Å²) >= 11 is 0. The van der Waals surface area contributed by atoms with E-state index in [0.717, 1.165) is 16.5 Å². The number of para-hydroxylation sites is 1. The number of methoxy groups -OCH3 is 1. The molecule has 236 valence electrons. The highest BCUT2D eigenvalue weighted by molar-refractivity contribution is 5.97. The van der Waals surface area contributed by atoms with Gasteiger partial charge in [-0.1, -0.05) is 78.9 Å². The number of carbonyl (C=O) groups is 4. The summed E-state index contributed by atoms with van der Waals surface area (Å²) in [4.78, 5) is 57.7. The number of aromatic amines is 1. The molecule has 1 heterocycles. The highest BCUT2D eigenvalue weighted by atomic mass is 16.6. The van der Waals surface area contributed by atoms with E-state index >= 15 is 0 Å². The van der Waals surface area contributed by atoms with Crippen molar-refractivity contribution in [2.45, 2.75) is 51.0 Å². The van der Waals surface area contributed by atoms with Crippen molar-refractivity contribution in [1.29, 1.82) is 0 Å². The lowest BCUT2D eigenvalue weighted by atomic mass is 10.0. The molecule has 4 aromatic rings. The molecule has 0 aliphatic rings. The van der Waals surface area contributed by atoms with Gasteiger partial charge in [0.05, 0.1) is 7.11 Å². The van der Waals surface area contributed by atoms with Crippen molar-refractivity contribution < 1.29 is 33.4 Å². The fourth-order valence-corrected chi connectivity index (χ4v) is 4.89. The number of hydrogen-bond acceptors (Lipinski definition) is 8. The van der Waals surface area contributed by atoms with Crippen LogP contribution in [-0.4, -0.2) is 59.7 Å². The summed E-state index contributed by atoms with van der Waals surface area (Å²) < 4.78 is 16.0. The molecule has 0 spiro atoms. The second-order valence-corrected chi connectivity index (χ2v) is 10.4. The summed E-state index contributed by atoms with van der Waals surface area (Å²) in [5.74, 6) is -1.42. The predicted molar refractivity (Wildman–Crippen MR) is 168 cm³/mol. The lowest BCUT2D eigenvalue weighted by Crippen LogP contribution is -2.56. The zero-order chi connectivity index (χ0) is 32.0. The second-order valence-electron chi connectivity index (χ2n) is 10.4. The Labute approximate surface area is 261 Å². The zero-order valence-electron chi connectivity index (χ0n) is 25.1. The number of unbranched alkanes of at least 4 members (excludes halogenated alkanes) is 1. The van der Waals surface area contributed by atoms with Crippen LogP contribution < -0.4 is 11.1 Å². The highest BCUT2D eigenvalue weighted by Crippen LogP contribution is 2.21. The second kappa shape index (κ2) is 16.6. The molecule has 0 aliphatic carbocycles. The van der Waals surface area contributed by atoms with E-state index in [0.29, 0.717) is 35.4 Å². The molecule has 3 aromatic carbocycles. The minimum Gasteiger partial charge on any atom is -0.467 e. The van der Waals surface area contributed by atoms with E-state index in [-0.39, 0.29) is 26.1 Å². The standard InChI is InChI=1S/C34H38N4O7/c1-43-32(40)29(20-26-21-36-28-17-9-8-16-27(26)28)37-31(39)30(18-10-11-19-35)38(33(41)44-22-24-12-4-2-5-13-24)34(42)45-23-25-14-6-3-7-15-25/h2-9,12-17,21,29-30,36H,10-11,18-20,22-23,35H2,1H3,(H,37,39)/t29-,30-/m0/s1. The number of hydrogen-bond donors (Lipinski definition) is 3. The Morgan fingerprint density at radius 2 is 1.40 bits per heavy atom. The number of amides is 3. The smallest absolute Gasteiger partial charge is 0.420 e. The Kier molecular flexibility index (Phi) is 12.1. The number of nitrogens with zero attached hydrogens (tertiary/aromatic N) is 1. The molecule has 2 atom stereocenters. The van der Waals surface area contributed by atoms with Crippen LogP contribution in [0.3, 0.4) is 0 Å². The first-order valence-corrected chi connectivity index (χ1v) is 14.7. The molecule has 4 rings (SSSR count). The molecule has 0 aliphatic heterocycles. The van der Waals surface area contributed by atoms with Crippen LogP contribution in [0.5, 0.6) is 0 Å². The Morgan fingerprint density at radius 3 is 1.98 bits per heavy atom. The number of benzene rings is 3. The monoisotopic (exact) mass is 614 g/mol. The molecule has 4 N–H and O–H groups in total. The largest absolute Gasteiger partial charge is 0.467 e. The SMILES string of the molecule is COC(=O)[C@H](Cc1c[nH]c2ccccc12)NC(=O)[C@H](CCCCN)N(C(=O)OCc1ccccc1)C(=O)OCc1ccccc1. The highest BCUT2D eigenvalue weighted by Gasteiger charge is 2.39. The molecule has 0 fully saturated rings. The van der Waals surface area contributed by atoms with E-state index in [1.807, 2.05) is 36.4 Å². The van der Waals surface area contributed by atoms with Crippen molar-refractivity contribution in [2.24, 2.45) is 5.73 Å². The molecule has 1 aromatic heterocycles. The van der Waals surface area contributed by atoms with Crippen LogP contribution in [0.1, 0.15) is 36.0 Å². The Morgan fingerprint density at radius 1 is 0.822 bits per heavy atom. The van der Waals surface area contributed by atoms with E-state index in [1.54, 1.807) is 54.7 Å². The van der Waals surface area contributed by atoms with Crippen molar-refractivity contribution in [1.82, 2.24) is 15.2 Å². The van der Waals surface area contributed by atoms with Crippen molar-refractivity contribution in [3.8, 4) is 0 Å². The van der Waals surface area contributed by atoms with Gasteiger partial charge in [0.2, 0.25) is 5.91 Å². The summed E-state index contributed by atoms with van der Waals surface area (Å²) in [7, 11) is 1.23. The van der Waals surface area contributed by atoms with Crippen LogP contribution in [0.15, 0.2) is 91.1 Å². The van der Waals surface area contributed by atoms with Crippen molar-refractivity contribution in [3.63, 3.8) is 0 Å². The molecule has 0 saturated carbocycles. The topological polar surface area (TPSA) is 153 Å². The number of H-pyrrole nitrogens is 1. The first-order valence-electron chi connectivity index (χ1n) is 14.7. The summed E-state index contributed by atoms with van der Waals surface area (Å²) in [5.41, 5.74) is 8.74. The molecule has 3 amide bonds. The third kappa shape index (κ3) is 9.16. The van der Waals surface area contributed by atoms with Gasteiger partial charge in [0.15, 0.2) is 0 Å². The molecule has 0 radical (unpaired) electrons. The van der Waals surface area contributed by atoms with Crippen molar-refractivity contribution in [2.75, 3.05) is 13.7 Å². The van der Waals surface area contributed by atoms with Crippen LogP contribution in [0, 0.1) is 0 Å². The lowest BCUT2D eigenvalue weighted by Gasteiger charge is -2.29. The third-order valence-electron chi connectivity index (χ3n) is 7.25. The van der Waals surface area contributed by atoms with E-state index in [4.69, 9.17) is 19.9 Å². The van der Waals surface area contributed by atoms with Crippen LogP contribution >= 0.6 is 0 Å². The van der Waals surface area contributed by atoms with Gasteiger partial charge in [-0.25, -0.2) is 14.4 Å². The van der Waals surface area contributed by atoms with Gasteiger partial charge < -0.3 is 30.2 Å². The fourth-order valence-electron chi connectivity index (χ4n) is 4.89. The van der Waals surface area contributed by atoms with Gasteiger partial charge in [-0.15, -0.1) is 0 Å². The Balaban J connectivity index is 1.60. The summed E-state index contributed by atoms with van der Waals surface area (Å²) in [5, 5.41) is 3.60. The number of carbonyl (C=O) groups excluding carboxylic acids is 4. The fraction of sp³-hybridized carbons (Fsp3) is 0.294. The molecule has 11 heteroatoms. The first-order chi connectivity index (χ1) is 21.9. The van der Waals surface area contributed by atoms with Gasteiger partial charge in [0.25, 0.3) is 0 Å². The number of nitrogens with two attached hydrogens (primary N) is 1. The number of imide groups is 1. The quantitative estimate of drug-likeness (QED) is 0.104. The average molecular weight is 615 g/mol. The zero-order valence-corrected chi connectivity index (χ0v) is 25.1. The van der Waals surface area contributed by atoms with Gasteiger partial charge in [0, 0.05) is 23.5 Å². The number of fused-ring (bicyclic) bond motifs is 1. The number of esters is 1. The Hall–Kier alpha value is -5.16. The first kappa shape index (κ1) is 32.7. The van der Waals surface area contributed by atoms with Gasteiger partial charge in [-0.05, 0) is 48.6 Å². The van der Waals surface area contributed by atoms with Gasteiger partial charge in [0.1, 0.15) is 25.3 Å². The number of aromatic nitrogens is 1. The minimum absolute atomic E-state index is 0.0604. The summed E-state index contributed by atoms with van der Waals surface area (Å²) in [6, 6.07) is 23.0. The summed E-state index contributed by atoms with van der Waals surface area (Å²) in [6.45, 7) is 0.0752. The van der Waals surface area contributed by atoms with Crippen LogP contribution in [0.25, 0.3) is 10.9 Å². The number of ether oxygens (including phenoxy) is 3. The summed E-state index contributed by atoms with van der Waals surface area (Å²) in [6.07, 6.45) is 0.756. The molecular weight excluding hydrogens is 576 g/mol. The number of rotatable bonds is 14. The lowest BCUT2D eigenvalue weighted by molar-refractivity contribution is -0.145. The van der Waals surface area contributed by atoms with Gasteiger partial charge >= 0.3 is 18.2 Å². The molecule has 0 bridgehead atoms. The molecular formula is C34H38N4O7. The third-order valence-corrected chi connectivity index (χ3v) is 7.25. The molecule has 11 nitrogen and oxygen atoms in total. The van der Waals surface area contributed by atoms with E-state index in [2.05, 4.69) is 10.3 Å². The van der Waals surface area contributed by atoms with Crippen molar-refractivity contribution in [3.05, 3.63) is 108 Å². The van der Waals surface area contributed by atoms with Crippen LogP contribution in [-0.2, 0) is 43.4 Å². The maximum absolute atomic E-state index is 13.9. The molecule has 0 unspecified atom stereocenters. The van der Waals surface area contributed by atoms with E-state index in [9.17, 15) is 19.2 Å². The molecule has 45 heavy (non-hydrogen) atoms. The maximum Gasteiger partial charge on any atom is 0.420 e. The van der Waals surface area contributed by atoms with E-state index in [1.165, 1.54) is 7.11 Å². The van der Waals surface area contributed by atoms with Gasteiger partial charge in [-0.3, -0.25) is 4.79 Å². The normalized spacial score (nSPS) is 12.1. The van der Waals surface area contributed by atoms with Crippen molar-refractivity contribution >= 4 is 35.0 Å².